The van der Waals surface area contributed by atoms with Gasteiger partial charge >= 0.3 is 0 Å². The summed E-state index contributed by atoms with van der Waals surface area (Å²) in [5.74, 6) is -0.142. The van der Waals surface area contributed by atoms with Gasteiger partial charge in [0.05, 0.1) is 11.6 Å². The first-order chi connectivity index (χ1) is 11.5. The Morgan fingerprint density at radius 1 is 1.21 bits per heavy atom. The Morgan fingerprint density at radius 2 is 1.92 bits per heavy atom. The number of benzene rings is 2. The van der Waals surface area contributed by atoms with Crippen molar-refractivity contribution in [2.24, 2.45) is 0 Å². The second-order valence-electron chi connectivity index (χ2n) is 5.69. The Bertz CT molecular complexity index is 952. The van der Waals surface area contributed by atoms with Crippen LogP contribution in [-0.2, 0) is 6.54 Å². The highest BCUT2D eigenvalue weighted by atomic mass is 35.5. The van der Waals surface area contributed by atoms with E-state index in [0.717, 1.165) is 22.0 Å². The first-order valence-corrected chi connectivity index (χ1v) is 7.88. The summed E-state index contributed by atoms with van der Waals surface area (Å²) in [5.41, 5.74) is 3.06. The van der Waals surface area contributed by atoms with Gasteiger partial charge in [0.1, 0.15) is 12.2 Å². The largest absolute Gasteiger partial charge is 0.343 e. The number of fused-ring (bicyclic) bond motifs is 1. The van der Waals surface area contributed by atoms with E-state index in [2.05, 4.69) is 6.07 Å². The van der Waals surface area contributed by atoms with Crippen LogP contribution in [0.3, 0.4) is 0 Å². The molecule has 0 bridgehead atoms. The highest BCUT2D eigenvalue weighted by molar-refractivity contribution is 6.31. The molecule has 5 heteroatoms. The lowest BCUT2D eigenvalue weighted by Gasteiger charge is -2.14. The molecule has 0 aliphatic carbocycles. The summed E-state index contributed by atoms with van der Waals surface area (Å²) in [7, 11) is 3.41. The molecule has 0 aliphatic rings. The van der Waals surface area contributed by atoms with Crippen molar-refractivity contribution < 1.29 is 4.79 Å². The van der Waals surface area contributed by atoms with Crippen molar-refractivity contribution >= 4 is 28.4 Å². The van der Waals surface area contributed by atoms with Crippen LogP contribution in [0.4, 0.5) is 0 Å². The summed E-state index contributed by atoms with van der Waals surface area (Å²) >= 11 is 6.19. The van der Waals surface area contributed by atoms with Crippen molar-refractivity contribution in [1.82, 2.24) is 9.47 Å². The van der Waals surface area contributed by atoms with Crippen molar-refractivity contribution in [2.45, 2.75) is 6.54 Å². The Hall–Kier alpha value is -2.77. The highest BCUT2D eigenvalue weighted by Crippen LogP contribution is 2.36. The molecule has 0 unspecified atom stereocenters. The van der Waals surface area contributed by atoms with Crippen LogP contribution in [0.5, 0.6) is 0 Å². The zero-order valence-corrected chi connectivity index (χ0v) is 14.2. The van der Waals surface area contributed by atoms with Gasteiger partial charge in [-0.05, 0) is 23.8 Å². The van der Waals surface area contributed by atoms with E-state index in [9.17, 15) is 10.1 Å². The van der Waals surface area contributed by atoms with Gasteiger partial charge in [-0.3, -0.25) is 4.79 Å². The standard InChI is InChI=1S/C19H16ClN3O/c1-22(2)19(24)18-17(13-6-4-3-5-7-13)15-12-14(20)8-9-16(15)23(18)11-10-21/h3-9,12H,11H2,1-2H3. The average molecular weight is 338 g/mol. The maximum Gasteiger partial charge on any atom is 0.270 e. The van der Waals surface area contributed by atoms with Gasteiger partial charge in [-0.1, -0.05) is 41.9 Å². The van der Waals surface area contributed by atoms with Crippen molar-refractivity contribution in [3.8, 4) is 17.2 Å². The van der Waals surface area contributed by atoms with Crippen molar-refractivity contribution in [3.05, 3.63) is 59.2 Å². The van der Waals surface area contributed by atoms with Crippen LogP contribution in [0.1, 0.15) is 10.5 Å². The van der Waals surface area contributed by atoms with Crippen molar-refractivity contribution in [2.75, 3.05) is 14.1 Å². The molecular formula is C19H16ClN3O. The van der Waals surface area contributed by atoms with Gasteiger partial charge in [-0.2, -0.15) is 5.26 Å². The molecule has 0 atom stereocenters. The summed E-state index contributed by atoms with van der Waals surface area (Å²) in [6, 6.07) is 17.3. The number of carbonyl (C=O) groups excluding carboxylic acids is 1. The number of amides is 1. The third-order valence-electron chi connectivity index (χ3n) is 3.93. The number of rotatable bonds is 3. The predicted molar refractivity (Wildman–Crippen MR) is 96.0 cm³/mol. The van der Waals surface area contributed by atoms with E-state index in [1.807, 2.05) is 42.5 Å². The molecule has 0 radical (unpaired) electrons. The second kappa shape index (κ2) is 6.38. The third-order valence-corrected chi connectivity index (χ3v) is 4.16. The summed E-state index contributed by atoms with van der Waals surface area (Å²) in [5, 5.41) is 10.7. The molecule has 3 rings (SSSR count). The summed E-state index contributed by atoms with van der Waals surface area (Å²) in [6.45, 7) is 0.0971. The molecule has 0 aliphatic heterocycles. The maximum absolute atomic E-state index is 12.9. The number of nitriles is 1. The molecule has 1 amide bonds. The minimum Gasteiger partial charge on any atom is -0.343 e. The second-order valence-corrected chi connectivity index (χ2v) is 6.13. The van der Waals surface area contributed by atoms with Crippen LogP contribution in [-0.4, -0.2) is 29.5 Å². The van der Waals surface area contributed by atoms with Gasteiger partial charge < -0.3 is 9.47 Å². The molecule has 0 fully saturated rings. The van der Waals surface area contributed by atoms with Crippen LogP contribution >= 0.6 is 11.6 Å². The summed E-state index contributed by atoms with van der Waals surface area (Å²) in [6.07, 6.45) is 0. The van der Waals surface area contributed by atoms with E-state index in [0.29, 0.717) is 10.7 Å². The normalized spacial score (nSPS) is 10.6. The number of aromatic nitrogens is 1. The fraction of sp³-hybridized carbons (Fsp3) is 0.158. The minimum atomic E-state index is -0.142. The fourth-order valence-electron chi connectivity index (χ4n) is 2.89. The van der Waals surface area contributed by atoms with Crippen molar-refractivity contribution in [1.29, 1.82) is 5.26 Å². The third kappa shape index (κ3) is 2.64. The van der Waals surface area contributed by atoms with E-state index in [4.69, 9.17) is 11.6 Å². The molecule has 0 saturated heterocycles. The molecule has 4 nitrogen and oxygen atoms in total. The van der Waals surface area contributed by atoms with Crippen molar-refractivity contribution in [3.63, 3.8) is 0 Å². The SMILES string of the molecule is CN(C)C(=O)c1c(-c2ccccc2)c2cc(Cl)ccc2n1CC#N. The Balaban J connectivity index is 2.46. The van der Waals surface area contributed by atoms with Gasteiger partial charge in [0.25, 0.3) is 5.91 Å². The lowest BCUT2D eigenvalue weighted by molar-refractivity contribution is 0.0819. The zero-order valence-electron chi connectivity index (χ0n) is 13.5. The molecule has 120 valence electrons. The summed E-state index contributed by atoms with van der Waals surface area (Å²) < 4.78 is 1.76. The van der Waals surface area contributed by atoms with Gasteiger partial charge in [0.2, 0.25) is 0 Å². The van der Waals surface area contributed by atoms with Gasteiger partial charge in [0.15, 0.2) is 0 Å². The van der Waals surface area contributed by atoms with E-state index in [-0.39, 0.29) is 12.5 Å². The lowest BCUT2D eigenvalue weighted by Crippen LogP contribution is -2.25. The van der Waals surface area contributed by atoms with Gasteiger partial charge in [-0.15, -0.1) is 0 Å². The molecule has 2 aromatic carbocycles. The van der Waals surface area contributed by atoms with E-state index >= 15 is 0 Å². The Morgan fingerprint density at radius 3 is 2.54 bits per heavy atom. The average Bonchev–Trinajstić information content (AvgIpc) is 2.88. The minimum absolute atomic E-state index is 0.0971. The first-order valence-electron chi connectivity index (χ1n) is 7.50. The number of hydrogen-bond acceptors (Lipinski definition) is 2. The summed E-state index contributed by atoms with van der Waals surface area (Å²) in [4.78, 5) is 14.4. The molecule has 1 aromatic heterocycles. The van der Waals surface area contributed by atoms with Gasteiger partial charge in [0, 0.05) is 30.1 Å². The molecule has 0 saturated carbocycles. The monoisotopic (exact) mass is 337 g/mol. The maximum atomic E-state index is 12.9. The molecule has 1 heterocycles. The fourth-order valence-corrected chi connectivity index (χ4v) is 3.07. The topological polar surface area (TPSA) is 49.0 Å². The molecule has 0 spiro atoms. The van der Waals surface area contributed by atoms with E-state index < -0.39 is 0 Å². The molecular weight excluding hydrogens is 322 g/mol. The Kier molecular flexibility index (Phi) is 4.28. The molecule has 3 aromatic rings. The van der Waals surface area contributed by atoms with Crippen LogP contribution < -0.4 is 0 Å². The number of carbonyl (C=O) groups is 1. The Labute approximate surface area is 145 Å². The van der Waals surface area contributed by atoms with Crippen LogP contribution in [0.2, 0.25) is 5.02 Å². The number of halogens is 1. The predicted octanol–water partition coefficient (Wildman–Crippen LogP) is 4.19. The zero-order chi connectivity index (χ0) is 17.3. The molecule has 0 N–H and O–H groups in total. The van der Waals surface area contributed by atoms with Gasteiger partial charge in [-0.25, -0.2) is 0 Å². The molecule has 24 heavy (non-hydrogen) atoms. The van der Waals surface area contributed by atoms with E-state index in [1.165, 1.54) is 4.90 Å². The smallest absolute Gasteiger partial charge is 0.270 e. The highest BCUT2D eigenvalue weighted by Gasteiger charge is 2.25. The first kappa shape index (κ1) is 16.1. The lowest BCUT2D eigenvalue weighted by atomic mass is 10.0. The number of hydrogen-bond donors (Lipinski definition) is 0. The van der Waals surface area contributed by atoms with E-state index in [1.54, 1.807) is 24.7 Å². The number of nitrogens with zero attached hydrogens (tertiary/aromatic N) is 3. The van der Waals surface area contributed by atoms with Crippen LogP contribution in [0, 0.1) is 11.3 Å². The quantitative estimate of drug-likeness (QED) is 0.719. The van der Waals surface area contributed by atoms with Crippen LogP contribution in [0.25, 0.3) is 22.0 Å². The van der Waals surface area contributed by atoms with Crippen LogP contribution in [0.15, 0.2) is 48.5 Å².